The minimum absolute atomic E-state index is 0.115. The standard InChI is InChI=1S/C27H21NO4S/c1-2-21-14-19-12-13-28-24(25(19)33-21)23(27(30)31)15-22(26(28)29)18-8-10-20(11-9-18)32-16-17-6-4-3-5-7-17/h3-15H,2,16H2,1H3,(H,30,31). The molecule has 164 valence electrons. The lowest BCUT2D eigenvalue weighted by atomic mass is 10.0. The first-order valence-electron chi connectivity index (χ1n) is 10.7. The number of hydrogen-bond donors (Lipinski definition) is 1. The van der Waals surface area contributed by atoms with Gasteiger partial charge in [0.15, 0.2) is 0 Å². The van der Waals surface area contributed by atoms with Crippen LogP contribution in [0.5, 0.6) is 5.75 Å². The van der Waals surface area contributed by atoms with Crippen LogP contribution in [0.2, 0.25) is 0 Å². The van der Waals surface area contributed by atoms with Crippen molar-refractivity contribution in [1.29, 1.82) is 0 Å². The van der Waals surface area contributed by atoms with Crippen LogP contribution in [0.25, 0.3) is 26.7 Å². The molecule has 1 N–H and O–H groups in total. The molecule has 0 spiro atoms. The first-order valence-corrected chi connectivity index (χ1v) is 11.5. The zero-order valence-electron chi connectivity index (χ0n) is 17.9. The van der Waals surface area contributed by atoms with Crippen LogP contribution in [0, 0.1) is 0 Å². The summed E-state index contributed by atoms with van der Waals surface area (Å²) in [6.45, 7) is 2.50. The number of benzene rings is 2. The Kier molecular flexibility index (Phi) is 5.44. The van der Waals surface area contributed by atoms with E-state index in [1.165, 1.54) is 21.8 Å². The number of hydrogen-bond acceptors (Lipinski definition) is 4. The largest absolute Gasteiger partial charge is 0.489 e. The minimum Gasteiger partial charge on any atom is -0.489 e. The number of carboxylic acid groups (broad SMARTS) is 1. The van der Waals surface area contributed by atoms with E-state index in [1.54, 1.807) is 30.5 Å². The van der Waals surface area contributed by atoms with Crippen LogP contribution in [0.3, 0.4) is 0 Å². The Morgan fingerprint density at radius 3 is 2.48 bits per heavy atom. The summed E-state index contributed by atoms with van der Waals surface area (Å²) in [5.74, 6) is -0.384. The number of aryl methyl sites for hydroxylation is 1. The van der Waals surface area contributed by atoms with E-state index in [-0.39, 0.29) is 11.1 Å². The molecule has 5 aromatic rings. The molecular weight excluding hydrogens is 434 g/mol. The maximum Gasteiger partial charge on any atom is 0.337 e. The summed E-state index contributed by atoms with van der Waals surface area (Å²) in [5.41, 5.74) is 2.36. The Balaban J connectivity index is 1.57. The molecule has 5 nitrogen and oxygen atoms in total. The van der Waals surface area contributed by atoms with Gasteiger partial charge in [-0.05, 0) is 53.3 Å². The van der Waals surface area contributed by atoms with Crippen molar-refractivity contribution < 1.29 is 14.6 Å². The number of thiophene rings is 1. The van der Waals surface area contributed by atoms with Gasteiger partial charge in [-0.15, -0.1) is 11.3 Å². The maximum absolute atomic E-state index is 13.4. The van der Waals surface area contributed by atoms with Crippen molar-refractivity contribution in [1.82, 2.24) is 4.40 Å². The number of aromatic carboxylic acids is 1. The molecular formula is C27H21NO4S. The fourth-order valence-corrected chi connectivity index (χ4v) is 5.09. The van der Waals surface area contributed by atoms with Crippen molar-refractivity contribution in [2.75, 3.05) is 0 Å². The Morgan fingerprint density at radius 2 is 1.79 bits per heavy atom. The number of rotatable bonds is 6. The Morgan fingerprint density at radius 1 is 1.03 bits per heavy atom. The van der Waals surface area contributed by atoms with E-state index in [2.05, 4.69) is 13.0 Å². The van der Waals surface area contributed by atoms with Gasteiger partial charge in [-0.25, -0.2) is 4.79 Å². The zero-order valence-corrected chi connectivity index (χ0v) is 18.8. The molecule has 0 saturated heterocycles. The van der Waals surface area contributed by atoms with Gasteiger partial charge < -0.3 is 9.84 Å². The van der Waals surface area contributed by atoms with Crippen molar-refractivity contribution in [3.05, 3.63) is 105 Å². The molecule has 0 fully saturated rings. The molecule has 3 aromatic heterocycles. The molecule has 0 atom stereocenters. The van der Waals surface area contributed by atoms with E-state index in [0.717, 1.165) is 26.9 Å². The topological polar surface area (TPSA) is 68.0 Å². The third-order valence-electron chi connectivity index (χ3n) is 5.66. The summed E-state index contributed by atoms with van der Waals surface area (Å²) >= 11 is 1.53. The van der Waals surface area contributed by atoms with Crippen LogP contribution in [-0.4, -0.2) is 15.5 Å². The number of fused-ring (bicyclic) bond motifs is 3. The molecule has 0 amide bonds. The highest BCUT2D eigenvalue weighted by Crippen LogP contribution is 2.32. The summed E-state index contributed by atoms with van der Waals surface area (Å²) in [4.78, 5) is 26.7. The molecule has 6 heteroatoms. The lowest BCUT2D eigenvalue weighted by molar-refractivity contribution is 0.0698. The average molecular weight is 456 g/mol. The summed E-state index contributed by atoms with van der Waals surface area (Å²) in [7, 11) is 0. The van der Waals surface area contributed by atoms with Crippen LogP contribution >= 0.6 is 11.3 Å². The van der Waals surface area contributed by atoms with E-state index in [1.807, 2.05) is 36.4 Å². The normalized spacial score (nSPS) is 11.2. The molecule has 0 unspecified atom stereocenters. The van der Waals surface area contributed by atoms with Crippen LogP contribution < -0.4 is 10.3 Å². The molecule has 0 aliphatic rings. The summed E-state index contributed by atoms with van der Waals surface area (Å²) in [6, 6.07) is 22.4. The smallest absolute Gasteiger partial charge is 0.337 e. The highest BCUT2D eigenvalue weighted by atomic mass is 32.1. The van der Waals surface area contributed by atoms with Crippen LogP contribution in [-0.2, 0) is 13.0 Å². The highest BCUT2D eigenvalue weighted by molar-refractivity contribution is 7.19. The minimum atomic E-state index is -1.06. The first kappa shape index (κ1) is 21.0. The second-order valence-corrected chi connectivity index (χ2v) is 8.90. The fourth-order valence-electron chi connectivity index (χ4n) is 3.95. The Hall–Kier alpha value is -3.90. The van der Waals surface area contributed by atoms with Crippen molar-refractivity contribution in [2.24, 2.45) is 0 Å². The molecule has 3 heterocycles. The van der Waals surface area contributed by atoms with Gasteiger partial charge in [0, 0.05) is 16.6 Å². The van der Waals surface area contributed by atoms with Crippen molar-refractivity contribution >= 4 is 32.9 Å². The van der Waals surface area contributed by atoms with Crippen LogP contribution in [0.4, 0.5) is 0 Å². The van der Waals surface area contributed by atoms with Gasteiger partial charge in [0.2, 0.25) is 0 Å². The van der Waals surface area contributed by atoms with E-state index in [4.69, 9.17) is 4.74 Å². The van der Waals surface area contributed by atoms with Crippen molar-refractivity contribution in [3.8, 4) is 16.9 Å². The quantitative estimate of drug-likeness (QED) is 0.340. The number of carbonyl (C=O) groups is 1. The van der Waals surface area contributed by atoms with Gasteiger partial charge in [-0.2, -0.15) is 0 Å². The SMILES string of the molecule is CCc1cc2ccn3c(=O)c(-c4ccc(OCc5ccccc5)cc4)cc(C(=O)O)c3c2s1. The number of ether oxygens (including phenoxy) is 1. The molecule has 2 aromatic carbocycles. The highest BCUT2D eigenvalue weighted by Gasteiger charge is 2.19. The van der Waals surface area contributed by atoms with Crippen LogP contribution in [0.1, 0.15) is 27.7 Å². The summed E-state index contributed by atoms with van der Waals surface area (Å²) in [5, 5.41) is 10.9. The van der Waals surface area contributed by atoms with E-state index in [0.29, 0.717) is 29.0 Å². The van der Waals surface area contributed by atoms with Gasteiger partial charge in [-0.1, -0.05) is 49.4 Å². The monoisotopic (exact) mass is 455 g/mol. The molecule has 0 radical (unpaired) electrons. The molecule has 0 aliphatic carbocycles. The predicted octanol–water partition coefficient (Wildman–Crippen LogP) is 6.02. The van der Waals surface area contributed by atoms with Crippen LogP contribution in [0.15, 0.2) is 83.8 Å². The van der Waals surface area contributed by atoms with Gasteiger partial charge >= 0.3 is 5.97 Å². The van der Waals surface area contributed by atoms with Crippen molar-refractivity contribution in [3.63, 3.8) is 0 Å². The first-order chi connectivity index (χ1) is 16.0. The second kappa shape index (κ2) is 8.56. The molecule has 0 saturated carbocycles. The third kappa shape index (κ3) is 3.90. The summed E-state index contributed by atoms with van der Waals surface area (Å²) in [6.07, 6.45) is 2.52. The van der Waals surface area contributed by atoms with Gasteiger partial charge in [0.25, 0.3) is 5.56 Å². The number of aromatic nitrogens is 1. The third-order valence-corrected chi connectivity index (χ3v) is 6.96. The fraction of sp³-hybridized carbons (Fsp3) is 0.111. The van der Waals surface area contributed by atoms with Crippen molar-refractivity contribution in [2.45, 2.75) is 20.0 Å². The molecule has 33 heavy (non-hydrogen) atoms. The van der Waals surface area contributed by atoms with E-state index in [9.17, 15) is 14.7 Å². The number of carboxylic acids is 1. The summed E-state index contributed by atoms with van der Waals surface area (Å²) < 4.78 is 8.11. The maximum atomic E-state index is 13.4. The zero-order chi connectivity index (χ0) is 22.9. The number of nitrogens with zero attached hydrogens (tertiary/aromatic N) is 1. The lowest BCUT2D eigenvalue weighted by Gasteiger charge is -2.11. The lowest BCUT2D eigenvalue weighted by Crippen LogP contribution is -2.18. The van der Waals surface area contributed by atoms with E-state index < -0.39 is 5.97 Å². The number of pyridine rings is 2. The molecule has 5 rings (SSSR count). The second-order valence-electron chi connectivity index (χ2n) is 7.77. The van der Waals surface area contributed by atoms with Gasteiger partial charge in [-0.3, -0.25) is 9.20 Å². The van der Waals surface area contributed by atoms with Gasteiger partial charge in [0.05, 0.1) is 15.8 Å². The Bertz CT molecular complexity index is 1530. The van der Waals surface area contributed by atoms with E-state index >= 15 is 0 Å². The average Bonchev–Trinajstić information content (AvgIpc) is 3.28. The Labute approximate surface area is 194 Å². The van der Waals surface area contributed by atoms with Gasteiger partial charge in [0.1, 0.15) is 12.4 Å². The predicted molar refractivity (Wildman–Crippen MR) is 132 cm³/mol. The molecule has 0 bridgehead atoms. The molecule has 0 aliphatic heterocycles.